The summed E-state index contributed by atoms with van der Waals surface area (Å²) in [5.74, 6) is 3.79. The molecule has 1 aromatic heterocycles. The van der Waals surface area contributed by atoms with E-state index >= 15 is 0 Å². The lowest BCUT2D eigenvalue weighted by molar-refractivity contribution is 0.0954. The summed E-state index contributed by atoms with van der Waals surface area (Å²) in [6, 6.07) is 7.07. The van der Waals surface area contributed by atoms with Crippen LogP contribution in [0.5, 0.6) is 17.2 Å². The van der Waals surface area contributed by atoms with E-state index < -0.39 is 0 Å². The Kier molecular flexibility index (Phi) is 6.80. The van der Waals surface area contributed by atoms with Crippen LogP contribution in [0.2, 0.25) is 0 Å². The number of carbonyl (C=O) groups is 1. The first-order valence-electron chi connectivity index (χ1n) is 10.1. The van der Waals surface area contributed by atoms with Crippen LogP contribution in [0.3, 0.4) is 0 Å². The second kappa shape index (κ2) is 9.49. The largest absolute Gasteiger partial charge is 0.490 e. The van der Waals surface area contributed by atoms with Gasteiger partial charge in [-0.15, -0.1) is 0 Å². The van der Waals surface area contributed by atoms with Crippen molar-refractivity contribution in [2.75, 3.05) is 19.8 Å². The zero-order valence-electron chi connectivity index (χ0n) is 17.4. The molecule has 1 heterocycles. The van der Waals surface area contributed by atoms with E-state index in [1.165, 1.54) is 6.21 Å². The van der Waals surface area contributed by atoms with Gasteiger partial charge in [-0.05, 0) is 57.4 Å². The fraction of sp³-hybridized carbons (Fsp3) is 0.455. The van der Waals surface area contributed by atoms with Gasteiger partial charge in [-0.3, -0.25) is 4.79 Å². The molecular formula is C22H28N2O5. The van der Waals surface area contributed by atoms with Crippen LogP contribution in [0.1, 0.15) is 61.9 Å². The van der Waals surface area contributed by atoms with E-state index in [1.54, 1.807) is 12.1 Å². The van der Waals surface area contributed by atoms with Crippen molar-refractivity contribution in [3.63, 3.8) is 0 Å². The van der Waals surface area contributed by atoms with E-state index in [0.717, 1.165) is 12.2 Å². The Labute approximate surface area is 171 Å². The molecule has 1 amide bonds. The number of nitrogens with one attached hydrogen (secondary N) is 1. The van der Waals surface area contributed by atoms with Crippen molar-refractivity contribution in [3.8, 4) is 17.2 Å². The van der Waals surface area contributed by atoms with E-state index in [4.69, 9.17) is 18.6 Å². The normalized spacial score (nSPS) is 17.9. The van der Waals surface area contributed by atoms with Crippen molar-refractivity contribution in [2.45, 2.75) is 40.0 Å². The predicted octanol–water partition coefficient (Wildman–Crippen LogP) is 4.36. The van der Waals surface area contributed by atoms with Crippen LogP contribution in [0.4, 0.5) is 0 Å². The van der Waals surface area contributed by atoms with E-state index in [2.05, 4.69) is 17.5 Å². The molecule has 156 valence electrons. The summed E-state index contributed by atoms with van der Waals surface area (Å²) in [6.45, 7) is 9.15. The van der Waals surface area contributed by atoms with Gasteiger partial charge in [0.15, 0.2) is 11.5 Å². The molecule has 1 saturated carbocycles. The maximum atomic E-state index is 12.6. The number of amides is 1. The molecule has 7 heteroatoms. The number of nitrogens with zero attached hydrogens (tertiary/aromatic N) is 1. The van der Waals surface area contributed by atoms with Gasteiger partial charge in [-0.2, -0.15) is 5.10 Å². The van der Waals surface area contributed by atoms with Gasteiger partial charge in [0, 0.05) is 11.5 Å². The van der Waals surface area contributed by atoms with E-state index in [1.807, 2.05) is 32.9 Å². The molecule has 2 atom stereocenters. The Balaban J connectivity index is 1.72. The van der Waals surface area contributed by atoms with Crippen LogP contribution in [0.25, 0.3) is 0 Å². The molecule has 1 fully saturated rings. The van der Waals surface area contributed by atoms with Gasteiger partial charge in [0.1, 0.15) is 11.5 Å². The fourth-order valence-electron chi connectivity index (χ4n) is 3.09. The second-order valence-electron chi connectivity index (χ2n) is 6.86. The molecule has 1 aliphatic carbocycles. The summed E-state index contributed by atoms with van der Waals surface area (Å²) in [4.78, 5) is 12.6. The van der Waals surface area contributed by atoms with Crippen LogP contribution in [0.15, 0.2) is 33.8 Å². The number of carbonyl (C=O) groups excluding carboxylic acids is 1. The lowest BCUT2D eigenvalue weighted by atomic mass is 10.1. The summed E-state index contributed by atoms with van der Waals surface area (Å²) in [6.07, 6.45) is 2.65. The van der Waals surface area contributed by atoms with Gasteiger partial charge in [0.05, 0.1) is 26.0 Å². The van der Waals surface area contributed by atoms with Gasteiger partial charge in [-0.25, -0.2) is 5.43 Å². The molecule has 3 rings (SSSR count). The highest BCUT2D eigenvalue weighted by Crippen LogP contribution is 2.47. The molecule has 1 N–H and O–H groups in total. The van der Waals surface area contributed by atoms with Crippen molar-refractivity contribution in [2.24, 2.45) is 11.0 Å². The third kappa shape index (κ3) is 5.10. The molecule has 29 heavy (non-hydrogen) atoms. The van der Waals surface area contributed by atoms with Crippen molar-refractivity contribution in [3.05, 3.63) is 41.3 Å². The highest BCUT2D eigenvalue weighted by molar-refractivity contribution is 5.96. The highest BCUT2D eigenvalue weighted by atomic mass is 16.5. The highest BCUT2D eigenvalue weighted by Gasteiger charge is 2.36. The Morgan fingerprint density at radius 2 is 1.76 bits per heavy atom. The molecule has 0 unspecified atom stereocenters. The van der Waals surface area contributed by atoms with E-state index in [9.17, 15) is 4.79 Å². The molecular weight excluding hydrogens is 372 g/mol. The Morgan fingerprint density at radius 1 is 1.14 bits per heavy atom. The molecule has 0 bridgehead atoms. The number of hydrazone groups is 1. The van der Waals surface area contributed by atoms with Crippen LogP contribution >= 0.6 is 0 Å². The van der Waals surface area contributed by atoms with Crippen LogP contribution in [-0.2, 0) is 0 Å². The zero-order chi connectivity index (χ0) is 20.8. The minimum atomic E-state index is -0.381. The van der Waals surface area contributed by atoms with Gasteiger partial charge >= 0.3 is 0 Å². The molecule has 7 nitrogen and oxygen atoms in total. The third-order valence-corrected chi connectivity index (χ3v) is 4.65. The van der Waals surface area contributed by atoms with Crippen molar-refractivity contribution >= 4 is 12.1 Å². The lowest BCUT2D eigenvalue weighted by Gasteiger charge is -2.16. The molecule has 0 saturated heterocycles. The molecule has 1 aromatic carbocycles. The number of benzene rings is 1. The van der Waals surface area contributed by atoms with E-state index in [-0.39, 0.29) is 5.91 Å². The molecule has 2 aromatic rings. The summed E-state index contributed by atoms with van der Waals surface area (Å²) in [5.41, 5.74) is 2.88. The maximum absolute atomic E-state index is 12.6. The monoisotopic (exact) mass is 400 g/mol. The molecule has 0 aliphatic heterocycles. The number of furan rings is 1. The average molecular weight is 400 g/mol. The minimum absolute atomic E-state index is 0.365. The van der Waals surface area contributed by atoms with Gasteiger partial charge in [-0.1, -0.05) is 6.92 Å². The number of rotatable bonds is 10. The summed E-state index contributed by atoms with van der Waals surface area (Å²) in [5, 5.41) is 4.01. The van der Waals surface area contributed by atoms with Gasteiger partial charge < -0.3 is 18.6 Å². The second-order valence-corrected chi connectivity index (χ2v) is 6.86. The predicted molar refractivity (Wildman–Crippen MR) is 110 cm³/mol. The molecule has 0 radical (unpaired) electrons. The Morgan fingerprint density at radius 3 is 2.31 bits per heavy atom. The Hall–Kier alpha value is -2.96. The number of hydrogen-bond acceptors (Lipinski definition) is 6. The standard InChI is InChI=1S/C22H28N2O5/c1-5-26-19-11-15(12-20(27-6-2)21(19)28-7-3)22(25)24-23-13-16-8-9-18(29-16)17-10-14(17)4/h8-9,11-14,17H,5-7,10H2,1-4H3,(H,24,25)/b23-13-/t14-,17+/m1/s1. The maximum Gasteiger partial charge on any atom is 0.271 e. The number of hydrogen-bond donors (Lipinski definition) is 1. The topological polar surface area (TPSA) is 82.3 Å². The lowest BCUT2D eigenvalue weighted by Crippen LogP contribution is -2.18. The Bertz CT molecular complexity index is 847. The third-order valence-electron chi connectivity index (χ3n) is 4.65. The van der Waals surface area contributed by atoms with Gasteiger partial charge in [0.25, 0.3) is 5.91 Å². The van der Waals surface area contributed by atoms with Crippen molar-refractivity contribution in [1.82, 2.24) is 5.43 Å². The average Bonchev–Trinajstić information content (AvgIpc) is 3.24. The van der Waals surface area contributed by atoms with Gasteiger partial charge in [0.2, 0.25) is 5.75 Å². The molecule has 0 spiro atoms. The van der Waals surface area contributed by atoms with Crippen LogP contribution in [-0.4, -0.2) is 31.9 Å². The number of ether oxygens (including phenoxy) is 3. The fourth-order valence-corrected chi connectivity index (χ4v) is 3.09. The SMILES string of the molecule is CCOc1cc(C(=O)N/N=C\c2ccc([C@H]3C[C@H]3C)o2)cc(OCC)c1OCC. The first kappa shape index (κ1) is 20.8. The first-order valence-corrected chi connectivity index (χ1v) is 10.1. The summed E-state index contributed by atoms with van der Waals surface area (Å²) in [7, 11) is 0. The van der Waals surface area contributed by atoms with Crippen molar-refractivity contribution in [1.29, 1.82) is 0 Å². The summed E-state index contributed by atoms with van der Waals surface area (Å²) < 4.78 is 22.7. The molecule has 1 aliphatic rings. The van der Waals surface area contributed by atoms with Crippen LogP contribution < -0.4 is 19.6 Å². The first-order chi connectivity index (χ1) is 14.1. The summed E-state index contributed by atoms with van der Waals surface area (Å²) >= 11 is 0. The smallest absolute Gasteiger partial charge is 0.271 e. The quantitative estimate of drug-likeness (QED) is 0.473. The van der Waals surface area contributed by atoms with Crippen LogP contribution in [0, 0.1) is 5.92 Å². The van der Waals surface area contributed by atoms with E-state index in [0.29, 0.717) is 60.2 Å². The zero-order valence-corrected chi connectivity index (χ0v) is 17.4. The van der Waals surface area contributed by atoms with Crippen molar-refractivity contribution < 1.29 is 23.4 Å². The minimum Gasteiger partial charge on any atom is -0.490 e.